The SMILES string of the molecule is Cc1cccc(CNc2ccc3c(c2)OCC(=O)N3CC(=O)O)c1. The van der Waals surface area contributed by atoms with Gasteiger partial charge in [-0.25, -0.2) is 0 Å². The highest BCUT2D eigenvalue weighted by molar-refractivity contribution is 6.01. The lowest BCUT2D eigenvalue weighted by Gasteiger charge is -2.28. The number of carbonyl (C=O) groups is 2. The minimum Gasteiger partial charge on any atom is -0.481 e. The second kappa shape index (κ2) is 6.62. The molecule has 24 heavy (non-hydrogen) atoms. The van der Waals surface area contributed by atoms with Gasteiger partial charge in [-0.05, 0) is 24.6 Å². The molecular formula is C18H18N2O4. The molecule has 0 atom stereocenters. The number of hydrogen-bond acceptors (Lipinski definition) is 4. The van der Waals surface area contributed by atoms with Crippen molar-refractivity contribution in [3.63, 3.8) is 0 Å². The number of aryl methyl sites for hydroxylation is 1. The third kappa shape index (κ3) is 3.48. The van der Waals surface area contributed by atoms with E-state index < -0.39 is 5.97 Å². The fraction of sp³-hybridized carbons (Fsp3) is 0.222. The van der Waals surface area contributed by atoms with E-state index in [0.29, 0.717) is 18.0 Å². The Labute approximate surface area is 139 Å². The van der Waals surface area contributed by atoms with E-state index >= 15 is 0 Å². The molecule has 0 aliphatic carbocycles. The molecule has 1 amide bonds. The zero-order valence-electron chi connectivity index (χ0n) is 13.3. The Morgan fingerprint density at radius 1 is 1.29 bits per heavy atom. The van der Waals surface area contributed by atoms with Gasteiger partial charge in [-0.15, -0.1) is 0 Å². The van der Waals surface area contributed by atoms with E-state index in [9.17, 15) is 9.59 Å². The first kappa shape index (κ1) is 15.9. The van der Waals surface area contributed by atoms with Gasteiger partial charge in [0.1, 0.15) is 12.3 Å². The molecule has 0 saturated heterocycles. The van der Waals surface area contributed by atoms with E-state index in [0.717, 1.165) is 11.3 Å². The third-order valence-corrected chi connectivity index (χ3v) is 3.78. The van der Waals surface area contributed by atoms with E-state index in [1.54, 1.807) is 12.1 Å². The van der Waals surface area contributed by atoms with Crippen LogP contribution in [0.2, 0.25) is 0 Å². The molecular weight excluding hydrogens is 308 g/mol. The number of ether oxygens (including phenoxy) is 1. The van der Waals surface area contributed by atoms with Gasteiger partial charge < -0.3 is 15.2 Å². The maximum absolute atomic E-state index is 11.8. The molecule has 0 spiro atoms. The molecule has 0 radical (unpaired) electrons. The Kier molecular flexibility index (Phi) is 4.37. The van der Waals surface area contributed by atoms with E-state index in [1.165, 1.54) is 10.5 Å². The monoisotopic (exact) mass is 326 g/mol. The lowest BCUT2D eigenvalue weighted by molar-refractivity contribution is -0.137. The molecule has 0 unspecified atom stereocenters. The number of carbonyl (C=O) groups excluding carboxylic acids is 1. The van der Waals surface area contributed by atoms with E-state index in [1.807, 2.05) is 31.2 Å². The maximum Gasteiger partial charge on any atom is 0.323 e. The summed E-state index contributed by atoms with van der Waals surface area (Å²) in [7, 11) is 0. The molecule has 0 saturated carbocycles. The van der Waals surface area contributed by atoms with Gasteiger partial charge in [-0.1, -0.05) is 29.8 Å². The van der Waals surface area contributed by atoms with Crippen LogP contribution >= 0.6 is 0 Å². The van der Waals surface area contributed by atoms with Crippen molar-refractivity contribution in [3.05, 3.63) is 53.6 Å². The van der Waals surface area contributed by atoms with Crippen molar-refractivity contribution >= 4 is 23.3 Å². The Morgan fingerprint density at radius 2 is 2.12 bits per heavy atom. The largest absolute Gasteiger partial charge is 0.481 e. The number of anilines is 2. The topological polar surface area (TPSA) is 78.9 Å². The van der Waals surface area contributed by atoms with Crippen molar-refractivity contribution in [2.45, 2.75) is 13.5 Å². The van der Waals surface area contributed by atoms with Crippen LogP contribution in [0.5, 0.6) is 5.75 Å². The normalized spacial score (nSPS) is 13.2. The molecule has 0 aromatic heterocycles. The first-order chi connectivity index (χ1) is 11.5. The van der Waals surface area contributed by atoms with Gasteiger partial charge in [-0.2, -0.15) is 0 Å². The summed E-state index contributed by atoms with van der Waals surface area (Å²) >= 11 is 0. The van der Waals surface area contributed by atoms with E-state index in [-0.39, 0.29) is 19.1 Å². The van der Waals surface area contributed by atoms with Crippen LogP contribution in [-0.4, -0.2) is 30.1 Å². The Morgan fingerprint density at radius 3 is 2.88 bits per heavy atom. The average Bonchev–Trinajstić information content (AvgIpc) is 2.55. The fourth-order valence-corrected chi connectivity index (χ4v) is 2.65. The smallest absolute Gasteiger partial charge is 0.323 e. The van der Waals surface area contributed by atoms with Crippen molar-refractivity contribution in [2.24, 2.45) is 0 Å². The van der Waals surface area contributed by atoms with Crippen LogP contribution in [0.25, 0.3) is 0 Å². The second-order valence-electron chi connectivity index (χ2n) is 5.69. The van der Waals surface area contributed by atoms with Crippen LogP contribution in [0.15, 0.2) is 42.5 Å². The molecule has 0 fully saturated rings. The quantitative estimate of drug-likeness (QED) is 0.882. The van der Waals surface area contributed by atoms with Crippen LogP contribution in [0.3, 0.4) is 0 Å². The molecule has 3 rings (SSSR count). The van der Waals surface area contributed by atoms with E-state index in [2.05, 4.69) is 11.4 Å². The average molecular weight is 326 g/mol. The highest BCUT2D eigenvalue weighted by Gasteiger charge is 2.27. The van der Waals surface area contributed by atoms with Gasteiger partial charge in [0.25, 0.3) is 5.91 Å². The number of nitrogens with one attached hydrogen (secondary N) is 1. The van der Waals surface area contributed by atoms with Crippen LogP contribution in [-0.2, 0) is 16.1 Å². The van der Waals surface area contributed by atoms with Crippen LogP contribution in [0.1, 0.15) is 11.1 Å². The van der Waals surface area contributed by atoms with Gasteiger partial charge >= 0.3 is 5.97 Å². The first-order valence-electron chi connectivity index (χ1n) is 7.61. The molecule has 1 aliphatic heterocycles. The summed E-state index contributed by atoms with van der Waals surface area (Å²) in [6.45, 7) is 2.19. The molecule has 0 bridgehead atoms. The summed E-state index contributed by atoms with van der Waals surface area (Å²) in [6.07, 6.45) is 0. The van der Waals surface area contributed by atoms with Gasteiger partial charge in [0, 0.05) is 18.3 Å². The number of nitrogens with zero attached hydrogens (tertiary/aromatic N) is 1. The van der Waals surface area contributed by atoms with Crippen molar-refractivity contribution in [1.29, 1.82) is 0 Å². The lowest BCUT2D eigenvalue weighted by Crippen LogP contribution is -2.41. The molecule has 6 nitrogen and oxygen atoms in total. The summed E-state index contributed by atoms with van der Waals surface area (Å²) in [5.74, 6) is -0.909. The summed E-state index contributed by atoms with van der Waals surface area (Å²) < 4.78 is 5.44. The number of benzene rings is 2. The maximum atomic E-state index is 11.8. The number of carboxylic acids is 1. The summed E-state index contributed by atoms with van der Waals surface area (Å²) in [6, 6.07) is 13.5. The summed E-state index contributed by atoms with van der Waals surface area (Å²) in [5.41, 5.74) is 3.69. The highest BCUT2D eigenvalue weighted by atomic mass is 16.5. The van der Waals surface area contributed by atoms with Gasteiger partial charge in [0.15, 0.2) is 6.61 Å². The minimum atomic E-state index is -1.06. The fourth-order valence-electron chi connectivity index (χ4n) is 2.65. The van der Waals surface area contributed by atoms with Gasteiger partial charge in [0.05, 0.1) is 5.69 Å². The second-order valence-corrected chi connectivity index (χ2v) is 5.69. The zero-order chi connectivity index (χ0) is 17.1. The van der Waals surface area contributed by atoms with Gasteiger partial charge in [-0.3, -0.25) is 14.5 Å². The Bertz CT molecular complexity index is 788. The van der Waals surface area contributed by atoms with Crippen molar-refractivity contribution < 1.29 is 19.4 Å². The number of fused-ring (bicyclic) bond motifs is 1. The third-order valence-electron chi connectivity index (χ3n) is 3.78. The standard InChI is InChI=1S/C18H18N2O4/c1-12-3-2-4-13(7-12)9-19-14-5-6-15-16(8-14)24-11-17(21)20(15)10-18(22)23/h2-8,19H,9-11H2,1H3,(H,22,23). The zero-order valence-corrected chi connectivity index (χ0v) is 13.3. The summed E-state index contributed by atoms with van der Waals surface area (Å²) in [4.78, 5) is 24.0. The predicted molar refractivity (Wildman–Crippen MR) is 90.4 cm³/mol. The Balaban J connectivity index is 1.76. The number of amides is 1. The first-order valence-corrected chi connectivity index (χ1v) is 7.61. The molecule has 6 heteroatoms. The number of carboxylic acid groups (broad SMARTS) is 1. The minimum absolute atomic E-state index is 0.151. The molecule has 1 heterocycles. The van der Waals surface area contributed by atoms with Crippen molar-refractivity contribution in [1.82, 2.24) is 0 Å². The highest BCUT2D eigenvalue weighted by Crippen LogP contribution is 2.34. The van der Waals surface area contributed by atoms with Crippen LogP contribution < -0.4 is 15.0 Å². The Hall–Kier alpha value is -3.02. The molecule has 2 aromatic carbocycles. The number of rotatable bonds is 5. The number of hydrogen-bond donors (Lipinski definition) is 2. The van der Waals surface area contributed by atoms with E-state index in [4.69, 9.17) is 9.84 Å². The molecule has 1 aliphatic rings. The van der Waals surface area contributed by atoms with Crippen LogP contribution in [0, 0.1) is 6.92 Å². The lowest BCUT2D eigenvalue weighted by atomic mass is 10.1. The molecule has 124 valence electrons. The molecule has 2 N–H and O–H groups in total. The predicted octanol–water partition coefficient (Wildman–Crippen LogP) is 2.42. The van der Waals surface area contributed by atoms with Crippen molar-refractivity contribution in [2.75, 3.05) is 23.4 Å². The number of aliphatic carboxylic acids is 1. The van der Waals surface area contributed by atoms with Gasteiger partial charge in [0.2, 0.25) is 0 Å². The molecule has 2 aromatic rings. The summed E-state index contributed by atoms with van der Waals surface area (Å²) in [5, 5.41) is 12.3. The van der Waals surface area contributed by atoms with Crippen LogP contribution in [0.4, 0.5) is 11.4 Å². The van der Waals surface area contributed by atoms with Crippen molar-refractivity contribution in [3.8, 4) is 5.75 Å².